The summed E-state index contributed by atoms with van der Waals surface area (Å²) in [6.07, 6.45) is 9.69. The average Bonchev–Trinajstić information content (AvgIpc) is 2.96. The van der Waals surface area contributed by atoms with Gasteiger partial charge < -0.3 is 10.6 Å². The normalized spacial score (nSPS) is 27.6. The molecule has 2 fully saturated rings. The van der Waals surface area contributed by atoms with E-state index in [0.717, 1.165) is 36.8 Å². The molecule has 2 heteroatoms. The standard InChI is InChI=1S/C37H46N2/c1-26-19-28(13-17-36(26)38-24-30-11-15-32-7-3-5-9-34(32)22-30)21-29-14-18-37(27(2)20-29)39-25-31-12-16-33-8-4-6-10-35(33)23-31/h3-12,15-16,22-23,26-29,36-39H,13-14,17-21,24-25H2,1-2H3. The van der Waals surface area contributed by atoms with E-state index >= 15 is 0 Å². The summed E-state index contributed by atoms with van der Waals surface area (Å²) in [7, 11) is 0. The molecule has 6 atom stereocenters. The minimum Gasteiger partial charge on any atom is -0.310 e. The molecule has 6 rings (SSSR count). The van der Waals surface area contributed by atoms with Gasteiger partial charge >= 0.3 is 0 Å². The average molecular weight is 519 g/mol. The number of nitrogens with one attached hydrogen (secondary N) is 2. The van der Waals surface area contributed by atoms with Crippen LogP contribution in [0.4, 0.5) is 0 Å². The van der Waals surface area contributed by atoms with Crippen LogP contribution in [0.5, 0.6) is 0 Å². The summed E-state index contributed by atoms with van der Waals surface area (Å²) in [6, 6.07) is 32.5. The van der Waals surface area contributed by atoms with Crippen molar-refractivity contribution in [2.45, 2.75) is 84.0 Å². The molecule has 2 saturated carbocycles. The second-order valence-corrected chi connectivity index (χ2v) is 12.9. The zero-order valence-corrected chi connectivity index (χ0v) is 23.9. The van der Waals surface area contributed by atoms with Crippen molar-refractivity contribution in [2.75, 3.05) is 0 Å². The SMILES string of the molecule is CC1CC(CC2CCC(NCc3ccc4ccccc4c3)C(C)C2)CCC1NCc1ccc2ccccc2c1. The second-order valence-electron chi connectivity index (χ2n) is 12.9. The Labute approximate surface area is 235 Å². The van der Waals surface area contributed by atoms with Crippen LogP contribution in [0.25, 0.3) is 21.5 Å². The molecule has 6 unspecified atom stereocenters. The Kier molecular flexibility index (Phi) is 8.32. The van der Waals surface area contributed by atoms with Crippen LogP contribution in [0.2, 0.25) is 0 Å². The lowest BCUT2D eigenvalue weighted by molar-refractivity contribution is 0.148. The highest BCUT2D eigenvalue weighted by atomic mass is 14.9. The van der Waals surface area contributed by atoms with E-state index in [9.17, 15) is 0 Å². The Morgan fingerprint density at radius 1 is 0.538 bits per heavy atom. The van der Waals surface area contributed by atoms with Gasteiger partial charge in [0.05, 0.1) is 0 Å². The molecule has 0 aromatic heterocycles. The minimum atomic E-state index is 0.654. The van der Waals surface area contributed by atoms with Crippen molar-refractivity contribution in [1.82, 2.24) is 10.6 Å². The number of hydrogen-bond donors (Lipinski definition) is 2. The summed E-state index contributed by atoms with van der Waals surface area (Å²) in [4.78, 5) is 0. The van der Waals surface area contributed by atoms with Crippen LogP contribution in [0, 0.1) is 23.7 Å². The molecule has 0 saturated heterocycles. The van der Waals surface area contributed by atoms with Gasteiger partial charge in [-0.2, -0.15) is 0 Å². The first-order valence-electron chi connectivity index (χ1n) is 15.5. The molecule has 2 aliphatic rings. The van der Waals surface area contributed by atoms with Crippen molar-refractivity contribution < 1.29 is 0 Å². The molecule has 2 aliphatic carbocycles. The lowest BCUT2D eigenvalue weighted by Gasteiger charge is -2.39. The van der Waals surface area contributed by atoms with Crippen molar-refractivity contribution in [3.05, 3.63) is 96.1 Å². The smallest absolute Gasteiger partial charge is 0.0208 e. The summed E-state index contributed by atoms with van der Waals surface area (Å²) in [5, 5.41) is 13.2. The first-order valence-corrected chi connectivity index (χ1v) is 15.5. The highest BCUT2D eigenvalue weighted by Crippen LogP contribution is 2.39. The Morgan fingerprint density at radius 3 is 1.41 bits per heavy atom. The van der Waals surface area contributed by atoms with Gasteiger partial charge in [0.2, 0.25) is 0 Å². The molecule has 2 N–H and O–H groups in total. The summed E-state index contributed by atoms with van der Waals surface area (Å²) in [5.41, 5.74) is 2.81. The lowest BCUT2D eigenvalue weighted by Crippen LogP contribution is -2.41. The van der Waals surface area contributed by atoms with Gasteiger partial charge in [0.25, 0.3) is 0 Å². The van der Waals surface area contributed by atoms with Gasteiger partial charge in [0.1, 0.15) is 0 Å². The van der Waals surface area contributed by atoms with Crippen molar-refractivity contribution in [3.8, 4) is 0 Å². The fraction of sp³-hybridized carbons (Fsp3) is 0.459. The van der Waals surface area contributed by atoms with Crippen LogP contribution >= 0.6 is 0 Å². The van der Waals surface area contributed by atoms with E-state index in [0.29, 0.717) is 12.1 Å². The zero-order valence-electron chi connectivity index (χ0n) is 23.9. The topological polar surface area (TPSA) is 24.1 Å². The van der Waals surface area contributed by atoms with E-state index in [-0.39, 0.29) is 0 Å². The van der Waals surface area contributed by atoms with Gasteiger partial charge in [0, 0.05) is 25.2 Å². The first kappa shape index (κ1) is 26.5. The molecule has 0 spiro atoms. The molecule has 204 valence electrons. The van der Waals surface area contributed by atoms with Gasteiger partial charge in [-0.3, -0.25) is 0 Å². The van der Waals surface area contributed by atoms with Crippen molar-refractivity contribution in [3.63, 3.8) is 0 Å². The quantitative estimate of drug-likeness (QED) is 0.243. The van der Waals surface area contributed by atoms with Gasteiger partial charge in [-0.25, -0.2) is 0 Å². The van der Waals surface area contributed by atoms with Crippen LogP contribution in [-0.2, 0) is 13.1 Å². The molecule has 0 aliphatic heterocycles. The molecule has 0 bridgehead atoms. The van der Waals surface area contributed by atoms with Gasteiger partial charge in [-0.15, -0.1) is 0 Å². The van der Waals surface area contributed by atoms with E-state index in [2.05, 4.69) is 109 Å². The predicted octanol–water partition coefficient (Wildman–Crippen LogP) is 8.87. The van der Waals surface area contributed by atoms with Crippen LogP contribution in [0.15, 0.2) is 84.9 Å². The van der Waals surface area contributed by atoms with Gasteiger partial charge in [-0.05, 0) is 113 Å². The fourth-order valence-electron chi connectivity index (χ4n) is 7.72. The van der Waals surface area contributed by atoms with E-state index in [1.54, 1.807) is 0 Å². The van der Waals surface area contributed by atoms with E-state index in [1.807, 2.05) is 0 Å². The van der Waals surface area contributed by atoms with Crippen LogP contribution < -0.4 is 10.6 Å². The summed E-state index contributed by atoms with van der Waals surface area (Å²) in [5.74, 6) is 3.36. The molecule has 0 radical (unpaired) electrons. The molecule has 2 nitrogen and oxygen atoms in total. The number of hydrogen-bond acceptors (Lipinski definition) is 2. The monoisotopic (exact) mass is 518 g/mol. The third kappa shape index (κ3) is 6.56. The largest absolute Gasteiger partial charge is 0.310 e. The second kappa shape index (κ2) is 12.2. The van der Waals surface area contributed by atoms with Crippen LogP contribution in [0.1, 0.15) is 69.9 Å². The molecule has 4 aromatic rings. The van der Waals surface area contributed by atoms with E-state index < -0.39 is 0 Å². The molecule has 39 heavy (non-hydrogen) atoms. The third-order valence-corrected chi connectivity index (χ3v) is 9.99. The third-order valence-electron chi connectivity index (χ3n) is 9.99. The van der Waals surface area contributed by atoms with Crippen LogP contribution in [0.3, 0.4) is 0 Å². The Morgan fingerprint density at radius 2 is 0.974 bits per heavy atom. The molecule has 0 heterocycles. The van der Waals surface area contributed by atoms with Crippen molar-refractivity contribution >= 4 is 21.5 Å². The maximum absolute atomic E-state index is 3.92. The zero-order chi connectivity index (χ0) is 26.6. The summed E-state index contributed by atoms with van der Waals surface area (Å²) >= 11 is 0. The predicted molar refractivity (Wildman–Crippen MR) is 167 cm³/mol. The Bertz CT molecular complexity index is 1270. The molecular formula is C37H46N2. The maximum Gasteiger partial charge on any atom is 0.0208 e. The minimum absolute atomic E-state index is 0.654. The molecule has 4 aromatic carbocycles. The fourth-order valence-corrected chi connectivity index (χ4v) is 7.72. The summed E-state index contributed by atoms with van der Waals surface area (Å²) < 4.78 is 0. The first-order chi connectivity index (χ1) is 19.1. The van der Waals surface area contributed by atoms with E-state index in [1.165, 1.54) is 77.6 Å². The van der Waals surface area contributed by atoms with E-state index in [4.69, 9.17) is 0 Å². The maximum atomic E-state index is 3.92. The highest BCUT2D eigenvalue weighted by Gasteiger charge is 2.32. The van der Waals surface area contributed by atoms with Gasteiger partial charge in [0.15, 0.2) is 0 Å². The molecular weight excluding hydrogens is 472 g/mol. The Balaban J connectivity index is 0.935. The Hall–Kier alpha value is -2.68. The lowest BCUT2D eigenvalue weighted by atomic mass is 9.70. The number of rotatable bonds is 8. The highest BCUT2D eigenvalue weighted by molar-refractivity contribution is 5.83. The summed E-state index contributed by atoms with van der Waals surface area (Å²) in [6.45, 7) is 6.94. The van der Waals surface area contributed by atoms with Gasteiger partial charge in [-0.1, -0.05) is 86.6 Å². The number of fused-ring (bicyclic) bond motifs is 2. The van der Waals surface area contributed by atoms with Crippen LogP contribution in [-0.4, -0.2) is 12.1 Å². The molecule has 0 amide bonds. The number of benzene rings is 4. The van der Waals surface area contributed by atoms with Crippen molar-refractivity contribution in [2.24, 2.45) is 23.7 Å². The van der Waals surface area contributed by atoms with Crippen molar-refractivity contribution in [1.29, 1.82) is 0 Å².